The Labute approximate surface area is 113 Å². The Morgan fingerprint density at radius 2 is 1.89 bits per heavy atom. The van der Waals surface area contributed by atoms with Crippen LogP contribution in [0, 0.1) is 0 Å². The fourth-order valence-corrected chi connectivity index (χ4v) is 2.76. The molecule has 2 aliphatic carbocycles. The first-order chi connectivity index (χ1) is 9.24. The van der Waals surface area contributed by atoms with Crippen LogP contribution in [0.3, 0.4) is 0 Å². The molecule has 1 atom stereocenters. The number of nitrogens with one attached hydrogen (secondary N) is 1. The van der Waals surface area contributed by atoms with E-state index in [1.807, 2.05) is 12.1 Å². The molecule has 100 valence electrons. The Morgan fingerprint density at radius 1 is 1.16 bits per heavy atom. The van der Waals surface area contributed by atoms with Gasteiger partial charge in [-0.15, -0.1) is 0 Å². The lowest BCUT2D eigenvalue weighted by Gasteiger charge is -2.20. The fraction of sp³-hybridized carbons (Fsp3) is 0.500. The second-order valence-corrected chi connectivity index (χ2v) is 5.62. The first-order valence-corrected chi connectivity index (χ1v) is 7.01. The molecule has 3 nitrogen and oxygen atoms in total. The molecular weight excluding hydrogens is 238 g/mol. The Kier molecular flexibility index (Phi) is 3.36. The summed E-state index contributed by atoms with van der Waals surface area (Å²) in [6, 6.07) is 8.75. The molecule has 0 unspecified atom stereocenters. The lowest BCUT2D eigenvalue weighted by atomic mass is 9.82. The first-order valence-electron chi connectivity index (χ1n) is 7.01. The summed E-state index contributed by atoms with van der Waals surface area (Å²) in [6.45, 7) is 0. The predicted octanol–water partition coefficient (Wildman–Crippen LogP) is 1.22. The number of rotatable bonds is 3. The zero-order chi connectivity index (χ0) is 13.2. The van der Waals surface area contributed by atoms with E-state index >= 15 is 0 Å². The van der Waals surface area contributed by atoms with E-state index in [1.54, 1.807) is 7.11 Å². The van der Waals surface area contributed by atoms with Gasteiger partial charge in [0, 0.05) is 31.6 Å². The molecule has 0 aromatic heterocycles. The number of hydrogen-bond donors (Lipinski definition) is 1. The highest BCUT2D eigenvalue weighted by atomic mass is 16.5. The van der Waals surface area contributed by atoms with Crippen molar-refractivity contribution in [1.29, 1.82) is 0 Å². The molecule has 2 saturated carbocycles. The topological polar surface area (TPSA) is 40.3 Å². The lowest BCUT2D eigenvalue weighted by molar-refractivity contribution is -0.475. The molecule has 2 fully saturated rings. The van der Waals surface area contributed by atoms with Gasteiger partial charge in [-0.05, 0) is 17.7 Å². The van der Waals surface area contributed by atoms with Crippen molar-refractivity contribution in [1.82, 2.24) is 0 Å². The van der Waals surface area contributed by atoms with Crippen molar-refractivity contribution in [3.8, 4) is 5.75 Å². The van der Waals surface area contributed by atoms with Crippen molar-refractivity contribution in [2.24, 2.45) is 0 Å². The summed E-state index contributed by atoms with van der Waals surface area (Å²) >= 11 is 0. The minimum Gasteiger partial charge on any atom is -0.497 e. The second-order valence-electron chi connectivity index (χ2n) is 5.62. The number of carbonyl (C=O) groups is 1. The summed E-state index contributed by atoms with van der Waals surface area (Å²) in [6.07, 6.45) is 4.80. The van der Waals surface area contributed by atoms with Gasteiger partial charge in [0.1, 0.15) is 11.5 Å². The Morgan fingerprint density at radius 3 is 2.53 bits per heavy atom. The average Bonchev–Trinajstić information content (AvgIpc) is 3.22. The van der Waals surface area contributed by atoms with Crippen LogP contribution in [0.15, 0.2) is 24.3 Å². The number of benzene rings is 1. The molecule has 1 N–H and O–H groups in total. The van der Waals surface area contributed by atoms with Gasteiger partial charge in [-0.3, -0.25) is 4.79 Å². The van der Waals surface area contributed by atoms with Crippen molar-refractivity contribution in [2.75, 3.05) is 7.11 Å². The number of Topliss-reactive ketones (excluding diaryl/α,β-unsaturated/α-hetero) is 1. The minimum atomic E-state index is 0.327. The van der Waals surface area contributed by atoms with E-state index in [1.165, 1.54) is 24.1 Å². The van der Waals surface area contributed by atoms with Gasteiger partial charge in [-0.25, -0.2) is 4.99 Å². The maximum absolute atomic E-state index is 11.9. The van der Waals surface area contributed by atoms with E-state index in [0.717, 1.165) is 12.2 Å². The third-order valence-electron chi connectivity index (χ3n) is 3.95. The van der Waals surface area contributed by atoms with E-state index in [4.69, 9.17) is 4.74 Å². The molecule has 0 radical (unpaired) electrons. The summed E-state index contributed by atoms with van der Waals surface area (Å²) in [5.74, 6) is 1.55. The van der Waals surface area contributed by atoms with Crippen LogP contribution in [0.1, 0.15) is 43.6 Å². The third-order valence-corrected chi connectivity index (χ3v) is 3.95. The van der Waals surface area contributed by atoms with E-state index in [0.29, 0.717) is 30.6 Å². The van der Waals surface area contributed by atoms with Crippen LogP contribution >= 0.6 is 0 Å². The molecule has 0 bridgehead atoms. The SMILES string of the molecule is COc1ccc([C@@H]2CC(=O)CC(=[NH+]C3CC3)C2)cc1. The highest BCUT2D eigenvalue weighted by molar-refractivity contribution is 6.02. The molecule has 3 heteroatoms. The van der Waals surface area contributed by atoms with Gasteiger partial charge in [-0.2, -0.15) is 0 Å². The van der Waals surface area contributed by atoms with Crippen molar-refractivity contribution >= 4 is 11.5 Å². The van der Waals surface area contributed by atoms with Crippen LogP contribution < -0.4 is 9.73 Å². The van der Waals surface area contributed by atoms with Crippen LogP contribution in [-0.4, -0.2) is 24.6 Å². The van der Waals surface area contributed by atoms with Gasteiger partial charge in [0.15, 0.2) is 11.8 Å². The van der Waals surface area contributed by atoms with E-state index in [9.17, 15) is 4.79 Å². The van der Waals surface area contributed by atoms with Crippen molar-refractivity contribution in [3.05, 3.63) is 29.8 Å². The van der Waals surface area contributed by atoms with Gasteiger partial charge in [0.2, 0.25) is 0 Å². The smallest absolute Gasteiger partial charge is 0.158 e. The lowest BCUT2D eigenvalue weighted by Crippen LogP contribution is -2.75. The first kappa shape index (κ1) is 12.4. The van der Waals surface area contributed by atoms with Gasteiger partial charge in [-0.1, -0.05) is 12.1 Å². The number of methoxy groups -OCH3 is 1. The summed E-state index contributed by atoms with van der Waals surface area (Å²) in [4.78, 5) is 15.4. The molecule has 2 aliphatic rings. The fourth-order valence-electron chi connectivity index (χ4n) is 2.76. The second kappa shape index (κ2) is 5.16. The molecule has 1 aromatic carbocycles. The highest BCUT2D eigenvalue weighted by Gasteiger charge is 2.32. The normalized spacial score (nSPS) is 25.6. The molecule has 19 heavy (non-hydrogen) atoms. The average molecular weight is 258 g/mol. The molecule has 0 heterocycles. The summed E-state index contributed by atoms with van der Waals surface area (Å²) < 4.78 is 5.18. The summed E-state index contributed by atoms with van der Waals surface area (Å²) in [5.41, 5.74) is 2.48. The van der Waals surface area contributed by atoms with Gasteiger partial charge >= 0.3 is 0 Å². The summed E-state index contributed by atoms with van der Waals surface area (Å²) in [7, 11) is 1.67. The molecule has 3 rings (SSSR count). The van der Waals surface area contributed by atoms with E-state index in [-0.39, 0.29) is 0 Å². The monoisotopic (exact) mass is 258 g/mol. The van der Waals surface area contributed by atoms with Crippen molar-refractivity contribution < 1.29 is 14.5 Å². The highest BCUT2D eigenvalue weighted by Crippen LogP contribution is 2.30. The van der Waals surface area contributed by atoms with Crippen molar-refractivity contribution in [2.45, 2.75) is 44.1 Å². The van der Waals surface area contributed by atoms with Crippen molar-refractivity contribution in [3.63, 3.8) is 0 Å². The molecule has 1 aromatic rings. The maximum atomic E-state index is 11.9. The largest absolute Gasteiger partial charge is 0.497 e. The Balaban J connectivity index is 1.76. The van der Waals surface area contributed by atoms with Gasteiger partial charge in [0.25, 0.3) is 0 Å². The Bertz CT molecular complexity index is 500. The van der Waals surface area contributed by atoms with Gasteiger partial charge < -0.3 is 4.74 Å². The number of hydrogen-bond acceptors (Lipinski definition) is 2. The number of carbonyl (C=O) groups excluding carboxylic acids is 1. The third kappa shape index (κ3) is 3.03. The van der Waals surface area contributed by atoms with Crippen LogP contribution in [0.25, 0.3) is 0 Å². The molecular formula is C16H20NO2+. The zero-order valence-electron chi connectivity index (χ0n) is 11.3. The molecule has 0 amide bonds. The van der Waals surface area contributed by atoms with Crippen LogP contribution in [0.2, 0.25) is 0 Å². The standard InChI is InChI=1S/C16H19NO2/c1-19-16-6-2-11(3-7-16)12-8-14(10-15(18)9-12)17-13-4-5-13/h2-3,6-7,12-13H,4-5,8-10H2,1H3/p+1/t12-/m0/s1. The molecule has 0 spiro atoms. The maximum Gasteiger partial charge on any atom is 0.158 e. The van der Waals surface area contributed by atoms with Gasteiger partial charge in [0.05, 0.1) is 13.5 Å². The van der Waals surface area contributed by atoms with Crippen LogP contribution in [0.4, 0.5) is 0 Å². The van der Waals surface area contributed by atoms with Crippen LogP contribution in [-0.2, 0) is 4.79 Å². The zero-order valence-corrected chi connectivity index (χ0v) is 11.3. The molecule has 0 saturated heterocycles. The van der Waals surface area contributed by atoms with Crippen LogP contribution in [0.5, 0.6) is 5.75 Å². The number of ether oxygens (including phenoxy) is 1. The summed E-state index contributed by atoms with van der Waals surface area (Å²) in [5, 5.41) is 0. The van der Waals surface area contributed by atoms with E-state index < -0.39 is 0 Å². The Hall–Kier alpha value is -1.64. The predicted molar refractivity (Wildman–Crippen MR) is 73.6 cm³/mol. The number of ketones is 1. The minimum absolute atomic E-state index is 0.327. The molecule has 0 aliphatic heterocycles. The van der Waals surface area contributed by atoms with E-state index in [2.05, 4.69) is 17.1 Å². The quantitative estimate of drug-likeness (QED) is 0.885.